The second kappa shape index (κ2) is 3.10. The van der Waals surface area contributed by atoms with Gasteiger partial charge in [-0.2, -0.15) is 0 Å². The summed E-state index contributed by atoms with van der Waals surface area (Å²) in [6, 6.07) is 0. The number of rotatable bonds is 1. The minimum Gasteiger partial charge on any atom is -0.392 e. The Hall–Kier alpha value is -0.340. The lowest BCUT2D eigenvalue weighted by atomic mass is 9.66. The molecule has 0 amide bonds. The van der Waals surface area contributed by atoms with Gasteiger partial charge in [0.2, 0.25) is 0 Å². The molecule has 1 aliphatic heterocycles. The zero-order valence-corrected chi connectivity index (χ0v) is 8.25. The Morgan fingerprint density at radius 3 is 2.62 bits per heavy atom. The van der Waals surface area contributed by atoms with Gasteiger partial charge in [0.05, 0.1) is 19.3 Å². The van der Waals surface area contributed by atoms with E-state index in [1.807, 2.05) is 6.92 Å². The van der Waals surface area contributed by atoms with Gasteiger partial charge in [-0.1, -0.05) is 12.2 Å². The number of ether oxygens (including phenoxy) is 1. The zero-order valence-electron chi connectivity index (χ0n) is 8.25. The first kappa shape index (κ1) is 9.22. The highest BCUT2D eigenvalue weighted by molar-refractivity contribution is 5.05. The van der Waals surface area contributed by atoms with Crippen LogP contribution in [-0.2, 0) is 4.74 Å². The van der Waals surface area contributed by atoms with Gasteiger partial charge in [-0.15, -0.1) is 0 Å². The summed E-state index contributed by atoms with van der Waals surface area (Å²) in [5.74, 6) is 0.325. The summed E-state index contributed by atoms with van der Waals surface area (Å²) >= 11 is 0. The molecule has 0 radical (unpaired) electrons. The summed E-state index contributed by atoms with van der Waals surface area (Å²) in [6.07, 6.45) is 3.00. The molecule has 1 heterocycles. The molecule has 0 aromatic rings. The lowest BCUT2D eigenvalue weighted by molar-refractivity contribution is -0.157. The number of aliphatic hydroxyl groups is 1. The first-order chi connectivity index (χ1) is 6.13. The minimum absolute atomic E-state index is 0.185. The monoisotopic (exact) mass is 182 g/mol. The van der Waals surface area contributed by atoms with Crippen LogP contribution < -0.4 is 0 Å². The van der Waals surface area contributed by atoms with Crippen molar-refractivity contribution in [3.8, 4) is 0 Å². The summed E-state index contributed by atoms with van der Waals surface area (Å²) in [5, 5.41) is 9.92. The minimum atomic E-state index is -0.185. The maximum atomic E-state index is 9.92. The van der Waals surface area contributed by atoms with E-state index in [9.17, 15) is 5.11 Å². The van der Waals surface area contributed by atoms with E-state index in [0.29, 0.717) is 11.3 Å². The predicted octanol–water partition coefficient (Wildman–Crippen LogP) is 1.74. The maximum absolute atomic E-state index is 9.92. The maximum Gasteiger partial charge on any atom is 0.0612 e. The fraction of sp³-hybridized carbons (Fsp3) is 0.818. The second-order valence-corrected chi connectivity index (χ2v) is 4.76. The Labute approximate surface area is 79.6 Å². The van der Waals surface area contributed by atoms with E-state index in [1.54, 1.807) is 0 Å². The van der Waals surface area contributed by atoms with E-state index >= 15 is 0 Å². The van der Waals surface area contributed by atoms with Crippen LogP contribution in [0.15, 0.2) is 12.2 Å². The van der Waals surface area contributed by atoms with Crippen molar-refractivity contribution in [3.63, 3.8) is 0 Å². The molecule has 0 aromatic carbocycles. The average molecular weight is 182 g/mol. The van der Waals surface area contributed by atoms with Crippen LogP contribution in [0.5, 0.6) is 0 Å². The van der Waals surface area contributed by atoms with E-state index in [-0.39, 0.29) is 6.10 Å². The van der Waals surface area contributed by atoms with Gasteiger partial charge in [0.15, 0.2) is 0 Å². The van der Waals surface area contributed by atoms with Gasteiger partial charge in [0.25, 0.3) is 0 Å². The third-order valence-electron chi connectivity index (χ3n) is 3.54. The van der Waals surface area contributed by atoms with Gasteiger partial charge in [-0.05, 0) is 26.2 Å². The molecule has 0 unspecified atom stereocenters. The van der Waals surface area contributed by atoms with Gasteiger partial charge in [0.1, 0.15) is 0 Å². The lowest BCUT2D eigenvalue weighted by Crippen LogP contribution is -2.49. The van der Waals surface area contributed by atoms with Gasteiger partial charge in [-0.3, -0.25) is 0 Å². The molecule has 13 heavy (non-hydrogen) atoms. The quantitative estimate of drug-likeness (QED) is 0.626. The molecule has 2 fully saturated rings. The molecule has 2 heteroatoms. The molecule has 1 saturated heterocycles. The third-order valence-corrected chi connectivity index (χ3v) is 3.54. The Bertz CT molecular complexity index is 218. The van der Waals surface area contributed by atoms with Crippen molar-refractivity contribution in [2.24, 2.45) is 11.3 Å². The van der Waals surface area contributed by atoms with Gasteiger partial charge >= 0.3 is 0 Å². The molecule has 2 atom stereocenters. The summed E-state index contributed by atoms with van der Waals surface area (Å²) in [6.45, 7) is 7.65. The van der Waals surface area contributed by atoms with Crippen molar-refractivity contribution in [3.05, 3.63) is 12.2 Å². The summed E-state index contributed by atoms with van der Waals surface area (Å²) < 4.78 is 5.23. The van der Waals surface area contributed by atoms with Crippen molar-refractivity contribution < 1.29 is 9.84 Å². The largest absolute Gasteiger partial charge is 0.392 e. The first-order valence-corrected chi connectivity index (χ1v) is 5.04. The van der Waals surface area contributed by atoms with Crippen LogP contribution in [0.3, 0.4) is 0 Å². The zero-order chi connectivity index (χ0) is 9.47. The Morgan fingerprint density at radius 2 is 2.23 bits per heavy atom. The molecule has 1 aliphatic carbocycles. The van der Waals surface area contributed by atoms with E-state index in [2.05, 4.69) is 6.58 Å². The highest BCUT2D eigenvalue weighted by Gasteiger charge is 2.45. The fourth-order valence-corrected chi connectivity index (χ4v) is 2.57. The van der Waals surface area contributed by atoms with Crippen LogP contribution in [0.1, 0.15) is 26.2 Å². The predicted molar refractivity (Wildman–Crippen MR) is 51.4 cm³/mol. The SMILES string of the molecule is C=C(C)[C@@H]1CCC2(COC2)C[C@H]1O. The Balaban J connectivity index is 1.99. The highest BCUT2D eigenvalue weighted by atomic mass is 16.5. The van der Waals surface area contributed by atoms with Crippen LogP contribution in [-0.4, -0.2) is 24.4 Å². The number of hydrogen-bond acceptors (Lipinski definition) is 2. The van der Waals surface area contributed by atoms with Crippen molar-refractivity contribution >= 4 is 0 Å². The third kappa shape index (κ3) is 1.53. The van der Waals surface area contributed by atoms with E-state index in [0.717, 1.165) is 31.6 Å². The summed E-state index contributed by atoms with van der Waals surface area (Å²) in [5.41, 5.74) is 1.45. The van der Waals surface area contributed by atoms with Crippen LogP contribution in [0.2, 0.25) is 0 Å². The van der Waals surface area contributed by atoms with Crippen molar-refractivity contribution in [1.29, 1.82) is 0 Å². The molecule has 1 saturated carbocycles. The van der Waals surface area contributed by atoms with Crippen LogP contribution in [0, 0.1) is 11.3 Å². The topological polar surface area (TPSA) is 29.5 Å². The van der Waals surface area contributed by atoms with Crippen molar-refractivity contribution in [1.82, 2.24) is 0 Å². The van der Waals surface area contributed by atoms with Crippen molar-refractivity contribution in [2.75, 3.05) is 13.2 Å². The van der Waals surface area contributed by atoms with Gasteiger partial charge in [0, 0.05) is 11.3 Å². The van der Waals surface area contributed by atoms with Crippen LogP contribution in [0.25, 0.3) is 0 Å². The molecular weight excluding hydrogens is 164 g/mol. The first-order valence-electron chi connectivity index (χ1n) is 5.04. The van der Waals surface area contributed by atoms with E-state index in [1.165, 1.54) is 6.42 Å². The average Bonchev–Trinajstić information content (AvgIpc) is 2.00. The molecule has 1 spiro atoms. The van der Waals surface area contributed by atoms with Crippen molar-refractivity contribution in [2.45, 2.75) is 32.3 Å². The molecular formula is C11H18O2. The number of aliphatic hydroxyl groups excluding tert-OH is 1. The van der Waals surface area contributed by atoms with Gasteiger partial charge < -0.3 is 9.84 Å². The van der Waals surface area contributed by atoms with E-state index < -0.39 is 0 Å². The Morgan fingerprint density at radius 1 is 1.54 bits per heavy atom. The summed E-state index contributed by atoms with van der Waals surface area (Å²) in [4.78, 5) is 0. The highest BCUT2D eigenvalue weighted by Crippen LogP contribution is 2.45. The smallest absolute Gasteiger partial charge is 0.0612 e. The summed E-state index contributed by atoms with van der Waals surface area (Å²) in [7, 11) is 0. The second-order valence-electron chi connectivity index (χ2n) is 4.76. The standard InChI is InChI=1S/C11H18O2/c1-8(2)9-3-4-11(5-10(9)12)6-13-7-11/h9-10,12H,1,3-7H2,2H3/t9-,10+/m0/s1. The van der Waals surface area contributed by atoms with Crippen LogP contribution in [0.4, 0.5) is 0 Å². The molecule has 2 nitrogen and oxygen atoms in total. The Kier molecular flexibility index (Phi) is 2.20. The molecule has 1 N–H and O–H groups in total. The molecule has 2 rings (SSSR count). The fourth-order valence-electron chi connectivity index (χ4n) is 2.57. The van der Waals surface area contributed by atoms with E-state index in [4.69, 9.17) is 4.74 Å². The molecule has 2 aliphatic rings. The lowest BCUT2D eigenvalue weighted by Gasteiger charge is -2.48. The molecule has 74 valence electrons. The van der Waals surface area contributed by atoms with Gasteiger partial charge in [-0.25, -0.2) is 0 Å². The normalized spacial score (nSPS) is 37.1. The molecule has 0 aromatic heterocycles. The molecule has 0 bridgehead atoms. The number of hydrogen-bond donors (Lipinski definition) is 1. The van der Waals surface area contributed by atoms with Crippen LogP contribution >= 0.6 is 0 Å².